The Hall–Kier alpha value is -2.32. The summed E-state index contributed by atoms with van der Waals surface area (Å²) in [5, 5.41) is 9.51. The van der Waals surface area contributed by atoms with Gasteiger partial charge in [0.2, 0.25) is 11.8 Å². The predicted molar refractivity (Wildman–Crippen MR) is 96.2 cm³/mol. The first-order valence-electron chi connectivity index (χ1n) is 7.13. The molecule has 0 saturated carbocycles. The lowest BCUT2D eigenvalue weighted by Gasteiger charge is -2.06. The van der Waals surface area contributed by atoms with E-state index in [0.717, 1.165) is 9.77 Å². The van der Waals surface area contributed by atoms with Crippen LogP contribution in [0.4, 0.5) is 10.5 Å². The molecule has 1 aromatic carbocycles. The molecule has 6 nitrogen and oxygen atoms in total. The molecule has 8 heteroatoms. The number of rotatable bonds is 6. The van der Waals surface area contributed by atoms with Gasteiger partial charge in [0.15, 0.2) is 0 Å². The van der Waals surface area contributed by atoms with Crippen molar-refractivity contribution in [1.29, 1.82) is 0 Å². The largest absolute Gasteiger partial charge is 0.333 e. The fourth-order valence-corrected chi connectivity index (χ4v) is 3.12. The molecule has 0 radical (unpaired) electrons. The molecule has 0 saturated heterocycles. The van der Waals surface area contributed by atoms with E-state index in [0.29, 0.717) is 12.2 Å². The van der Waals surface area contributed by atoms with Gasteiger partial charge in [-0.05, 0) is 35.7 Å². The number of imide groups is 1. The quantitative estimate of drug-likeness (QED) is 0.689. The Morgan fingerprint density at radius 3 is 2.50 bits per heavy atom. The van der Waals surface area contributed by atoms with E-state index in [9.17, 15) is 14.4 Å². The van der Waals surface area contributed by atoms with E-state index in [1.807, 2.05) is 17.5 Å². The molecule has 0 bridgehead atoms. The Balaban J connectivity index is 1.70. The minimum Gasteiger partial charge on any atom is -0.333 e. The number of hydrogen-bond donors (Lipinski definition) is 3. The van der Waals surface area contributed by atoms with Crippen LogP contribution in [-0.4, -0.2) is 23.6 Å². The van der Waals surface area contributed by atoms with Crippen LogP contribution < -0.4 is 16.0 Å². The lowest BCUT2D eigenvalue weighted by molar-refractivity contribution is -0.117. The number of urea groups is 1. The fraction of sp³-hybridized carbons (Fsp3) is 0.188. The van der Waals surface area contributed by atoms with Gasteiger partial charge in [-0.25, -0.2) is 4.79 Å². The number of carbonyl (C=O) groups is 3. The first-order chi connectivity index (χ1) is 11.5. The summed E-state index contributed by atoms with van der Waals surface area (Å²) in [7, 11) is 0. The number of anilines is 1. The van der Waals surface area contributed by atoms with Gasteiger partial charge in [0.1, 0.15) is 0 Å². The van der Waals surface area contributed by atoms with Crippen molar-refractivity contribution in [2.75, 3.05) is 11.1 Å². The Morgan fingerprint density at radius 2 is 1.88 bits per heavy atom. The average molecular weight is 363 g/mol. The van der Waals surface area contributed by atoms with Gasteiger partial charge in [0.05, 0.1) is 12.3 Å². The van der Waals surface area contributed by atoms with Gasteiger partial charge in [0, 0.05) is 22.4 Å². The highest BCUT2D eigenvalue weighted by Crippen LogP contribution is 2.20. The molecule has 1 heterocycles. The van der Waals surface area contributed by atoms with E-state index in [1.54, 1.807) is 24.3 Å². The highest BCUT2D eigenvalue weighted by atomic mass is 32.2. The summed E-state index contributed by atoms with van der Waals surface area (Å²) >= 11 is 2.85. The third-order valence-corrected chi connectivity index (χ3v) is 4.69. The molecule has 2 rings (SSSR count). The molecule has 0 aliphatic rings. The van der Waals surface area contributed by atoms with Crippen LogP contribution in [0.15, 0.2) is 46.7 Å². The number of hydrogen-bond acceptors (Lipinski definition) is 5. The lowest BCUT2D eigenvalue weighted by atomic mass is 10.3. The molecule has 24 heavy (non-hydrogen) atoms. The van der Waals surface area contributed by atoms with Gasteiger partial charge in [0.25, 0.3) is 0 Å². The first-order valence-corrected chi connectivity index (χ1v) is 9.00. The summed E-state index contributed by atoms with van der Waals surface area (Å²) in [6, 6.07) is 10.4. The fourth-order valence-electron chi connectivity index (χ4n) is 1.77. The monoisotopic (exact) mass is 363 g/mol. The van der Waals surface area contributed by atoms with Crippen LogP contribution in [0, 0.1) is 0 Å². The maximum atomic E-state index is 11.8. The van der Waals surface area contributed by atoms with Crippen LogP contribution in [0.2, 0.25) is 0 Å². The molecule has 0 fully saturated rings. The van der Waals surface area contributed by atoms with Crippen molar-refractivity contribution in [2.24, 2.45) is 0 Å². The van der Waals surface area contributed by atoms with E-state index in [2.05, 4.69) is 16.0 Å². The second-order valence-corrected chi connectivity index (χ2v) is 6.89. The van der Waals surface area contributed by atoms with Gasteiger partial charge in [-0.1, -0.05) is 6.07 Å². The molecule has 3 N–H and O–H groups in total. The van der Waals surface area contributed by atoms with Gasteiger partial charge in [-0.15, -0.1) is 23.1 Å². The molecule has 0 aliphatic carbocycles. The summed E-state index contributed by atoms with van der Waals surface area (Å²) in [5.74, 6) is -0.371. The number of thiophene rings is 1. The zero-order valence-corrected chi connectivity index (χ0v) is 14.6. The van der Waals surface area contributed by atoms with Crippen molar-refractivity contribution in [3.05, 3.63) is 46.7 Å². The van der Waals surface area contributed by atoms with Crippen LogP contribution in [0.25, 0.3) is 0 Å². The first kappa shape index (κ1) is 18.0. The predicted octanol–water partition coefficient (Wildman–Crippen LogP) is 2.82. The number of amides is 4. The minimum atomic E-state index is -0.505. The Kier molecular flexibility index (Phi) is 6.83. The topological polar surface area (TPSA) is 87.3 Å². The van der Waals surface area contributed by atoms with E-state index in [-0.39, 0.29) is 17.6 Å². The Bertz CT molecular complexity index is 700. The van der Waals surface area contributed by atoms with Gasteiger partial charge in [-0.2, -0.15) is 0 Å². The van der Waals surface area contributed by atoms with E-state index < -0.39 is 6.03 Å². The smallest absolute Gasteiger partial charge is 0.321 e. The third-order valence-electron chi connectivity index (χ3n) is 2.80. The summed E-state index contributed by atoms with van der Waals surface area (Å²) in [4.78, 5) is 36.2. The van der Waals surface area contributed by atoms with Crippen LogP contribution in [-0.2, 0) is 16.1 Å². The standard InChI is InChI=1S/C16H17N3O3S2/c1-11(20)18-12-4-6-13(7-5-12)24-10-15(21)19-16(22)17-9-14-3-2-8-23-14/h2-8H,9-10H2,1H3,(H,18,20)(H2,17,19,21,22). The normalized spacial score (nSPS) is 10.0. The number of carbonyl (C=O) groups excluding carboxylic acids is 3. The summed E-state index contributed by atoms with van der Waals surface area (Å²) in [6.45, 7) is 1.84. The summed E-state index contributed by atoms with van der Waals surface area (Å²) in [6.07, 6.45) is 0. The molecule has 2 aromatic rings. The summed E-state index contributed by atoms with van der Waals surface area (Å²) < 4.78 is 0. The number of thioether (sulfide) groups is 1. The average Bonchev–Trinajstić information content (AvgIpc) is 3.05. The minimum absolute atomic E-state index is 0.131. The Labute approximate surface area is 148 Å². The maximum absolute atomic E-state index is 11.8. The molecule has 4 amide bonds. The molecule has 1 aromatic heterocycles. The van der Waals surface area contributed by atoms with Gasteiger partial charge >= 0.3 is 6.03 Å². The third kappa shape index (κ3) is 6.43. The van der Waals surface area contributed by atoms with Gasteiger partial charge < -0.3 is 10.6 Å². The van der Waals surface area contributed by atoms with E-state index in [1.165, 1.54) is 30.0 Å². The molecule has 0 atom stereocenters. The molecule has 0 spiro atoms. The van der Waals surface area contributed by atoms with Crippen molar-refractivity contribution in [1.82, 2.24) is 10.6 Å². The number of benzene rings is 1. The molecular formula is C16H17N3O3S2. The van der Waals surface area contributed by atoms with Crippen LogP contribution in [0.1, 0.15) is 11.8 Å². The lowest BCUT2D eigenvalue weighted by Crippen LogP contribution is -2.39. The molecule has 0 aliphatic heterocycles. The van der Waals surface area contributed by atoms with Crippen LogP contribution in [0.3, 0.4) is 0 Å². The van der Waals surface area contributed by atoms with Crippen LogP contribution >= 0.6 is 23.1 Å². The van der Waals surface area contributed by atoms with Crippen molar-refractivity contribution < 1.29 is 14.4 Å². The van der Waals surface area contributed by atoms with Crippen molar-refractivity contribution in [3.8, 4) is 0 Å². The Morgan fingerprint density at radius 1 is 1.12 bits per heavy atom. The second kappa shape index (κ2) is 9.09. The van der Waals surface area contributed by atoms with Crippen molar-refractivity contribution in [3.63, 3.8) is 0 Å². The van der Waals surface area contributed by atoms with Crippen LogP contribution in [0.5, 0.6) is 0 Å². The number of nitrogens with one attached hydrogen (secondary N) is 3. The molecular weight excluding hydrogens is 346 g/mol. The summed E-state index contributed by atoms with van der Waals surface area (Å²) in [5.41, 5.74) is 0.698. The van der Waals surface area contributed by atoms with Crippen molar-refractivity contribution >= 4 is 46.6 Å². The van der Waals surface area contributed by atoms with Crippen molar-refractivity contribution in [2.45, 2.75) is 18.4 Å². The SMILES string of the molecule is CC(=O)Nc1ccc(SCC(=O)NC(=O)NCc2cccs2)cc1. The second-order valence-electron chi connectivity index (χ2n) is 4.80. The zero-order chi connectivity index (χ0) is 17.4. The van der Waals surface area contributed by atoms with E-state index in [4.69, 9.17) is 0 Å². The highest BCUT2D eigenvalue weighted by Gasteiger charge is 2.08. The zero-order valence-electron chi connectivity index (χ0n) is 13.0. The maximum Gasteiger partial charge on any atom is 0.321 e. The molecule has 0 unspecified atom stereocenters. The highest BCUT2D eigenvalue weighted by molar-refractivity contribution is 8.00. The van der Waals surface area contributed by atoms with E-state index >= 15 is 0 Å². The molecule has 126 valence electrons. The van der Waals surface area contributed by atoms with Gasteiger partial charge in [-0.3, -0.25) is 14.9 Å².